The number of allylic oxidation sites excluding steroid dienone is 2. The van der Waals surface area contributed by atoms with E-state index >= 15 is 0 Å². The Bertz CT molecular complexity index is 774. The van der Waals surface area contributed by atoms with Crippen LogP contribution in [0.15, 0.2) is 11.1 Å². The third-order valence-electron chi connectivity index (χ3n) is 11.6. The van der Waals surface area contributed by atoms with Crippen molar-refractivity contribution < 1.29 is 9.68 Å². The van der Waals surface area contributed by atoms with Crippen molar-refractivity contribution in [1.29, 1.82) is 0 Å². The topological polar surface area (TPSA) is 23.2 Å². The Labute approximate surface area is 192 Å². The molecule has 31 heavy (non-hydrogen) atoms. The van der Waals surface area contributed by atoms with Gasteiger partial charge < -0.3 is 5.11 Å². The van der Waals surface area contributed by atoms with Crippen LogP contribution >= 0.6 is 0 Å². The van der Waals surface area contributed by atoms with Gasteiger partial charge in [-0.1, -0.05) is 52.7 Å². The average Bonchev–Trinajstić information content (AvgIpc) is 2.96. The summed E-state index contributed by atoms with van der Waals surface area (Å²) in [4.78, 5) is 0. The first-order valence-corrected chi connectivity index (χ1v) is 13.3. The van der Waals surface area contributed by atoms with Gasteiger partial charge in [0.25, 0.3) is 0 Å². The molecule has 2 saturated carbocycles. The standard InChI is InChI=1S/C29H50NO/c1-20(10-9-19-30(7)8)21-13-17-29(6)23-11-12-24-26(2,3)25(31)15-16-27(24,4)22(23)14-18-28(21,29)5/h19-21,24-25,31H,9-18H2,1-8H3/q+1/t20-,21-,24?,25?,27-,28-,29+/m1/s1. The van der Waals surface area contributed by atoms with E-state index in [1.165, 1.54) is 57.8 Å². The van der Waals surface area contributed by atoms with Gasteiger partial charge in [0.05, 0.1) is 6.10 Å². The summed E-state index contributed by atoms with van der Waals surface area (Å²) in [6, 6.07) is 0. The van der Waals surface area contributed by atoms with Gasteiger partial charge in [-0.3, -0.25) is 0 Å². The normalized spacial score (nSPS) is 44.9. The molecule has 4 rings (SSSR count). The van der Waals surface area contributed by atoms with E-state index < -0.39 is 0 Å². The van der Waals surface area contributed by atoms with Crippen LogP contribution in [0.25, 0.3) is 0 Å². The lowest BCUT2D eigenvalue weighted by atomic mass is 9.43. The highest BCUT2D eigenvalue weighted by Crippen LogP contribution is 2.72. The Kier molecular flexibility index (Phi) is 5.85. The number of rotatable bonds is 4. The molecular formula is C29H50NO+. The van der Waals surface area contributed by atoms with Crippen molar-refractivity contribution in [2.45, 2.75) is 112 Å². The second-order valence-corrected chi connectivity index (χ2v) is 13.4. The number of hydrogen-bond donors (Lipinski definition) is 1. The van der Waals surface area contributed by atoms with Gasteiger partial charge in [0, 0.05) is 6.42 Å². The monoisotopic (exact) mass is 428 g/mol. The second-order valence-electron chi connectivity index (χ2n) is 13.4. The summed E-state index contributed by atoms with van der Waals surface area (Å²) in [6.07, 6.45) is 15.0. The predicted octanol–water partition coefficient (Wildman–Crippen LogP) is 6.86. The number of fused-ring (bicyclic) bond motifs is 4. The Morgan fingerprint density at radius 3 is 2.35 bits per heavy atom. The summed E-state index contributed by atoms with van der Waals surface area (Å²) in [5.41, 5.74) is 4.92. The smallest absolute Gasteiger partial charge is 0.139 e. The van der Waals surface area contributed by atoms with Gasteiger partial charge in [-0.05, 0) is 97.2 Å². The molecule has 0 spiro atoms. The summed E-state index contributed by atoms with van der Waals surface area (Å²) in [6.45, 7) is 15.1. The van der Waals surface area contributed by atoms with E-state index in [9.17, 15) is 5.11 Å². The Morgan fingerprint density at radius 1 is 0.968 bits per heavy atom. The van der Waals surface area contributed by atoms with E-state index in [2.05, 4.69) is 66.4 Å². The van der Waals surface area contributed by atoms with Crippen LogP contribution in [-0.2, 0) is 0 Å². The molecular weight excluding hydrogens is 378 g/mol. The zero-order chi connectivity index (χ0) is 22.8. The van der Waals surface area contributed by atoms with Gasteiger partial charge in [-0.25, -0.2) is 4.58 Å². The summed E-state index contributed by atoms with van der Waals surface area (Å²) in [5.74, 6) is 2.30. The molecule has 0 aliphatic heterocycles. The second kappa shape index (κ2) is 7.71. The van der Waals surface area contributed by atoms with Gasteiger partial charge in [0.15, 0.2) is 0 Å². The molecule has 0 saturated heterocycles. The minimum atomic E-state index is -0.132. The maximum absolute atomic E-state index is 10.8. The number of aliphatic hydroxyl groups is 1. The highest BCUT2D eigenvalue weighted by Gasteiger charge is 2.63. The van der Waals surface area contributed by atoms with Gasteiger partial charge >= 0.3 is 0 Å². The molecule has 176 valence electrons. The highest BCUT2D eigenvalue weighted by atomic mass is 16.3. The maximum atomic E-state index is 10.8. The van der Waals surface area contributed by atoms with E-state index in [4.69, 9.17) is 0 Å². The molecule has 0 amide bonds. The van der Waals surface area contributed by atoms with E-state index in [-0.39, 0.29) is 11.5 Å². The van der Waals surface area contributed by atoms with Gasteiger partial charge in [-0.15, -0.1) is 0 Å². The van der Waals surface area contributed by atoms with Crippen LogP contribution < -0.4 is 0 Å². The average molecular weight is 429 g/mol. The molecule has 0 aromatic heterocycles. The number of nitrogens with zero attached hydrogens (tertiary/aromatic N) is 1. The van der Waals surface area contributed by atoms with Crippen LogP contribution in [0, 0.1) is 39.4 Å². The number of hydrogen-bond acceptors (Lipinski definition) is 1. The van der Waals surface area contributed by atoms with Crippen LogP contribution in [0.2, 0.25) is 0 Å². The fraction of sp³-hybridized carbons (Fsp3) is 0.897. The zero-order valence-electron chi connectivity index (χ0n) is 21.9. The first-order chi connectivity index (χ1) is 14.4. The van der Waals surface area contributed by atoms with E-state index in [1.54, 1.807) is 0 Å². The van der Waals surface area contributed by atoms with Crippen molar-refractivity contribution >= 4 is 6.21 Å². The van der Waals surface area contributed by atoms with Crippen molar-refractivity contribution in [3.05, 3.63) is 11.1 Å². The van der Waals surface area contributed by atoms with Crippen LogP contribution in [0.3, 0.4) is 0 Å². The summed E-state index contributed by atoms with van der Waals surface area (Å²) in [5, 5.41) is 10.8. The van der Waals surface area contributed by atoms with Crippen molar-refractivity contribution in [3.63, 3.8) is 0 Å². The van der Waals surface area contributed by atoms with Crippen LogP contribution in [0.5, 0.6) is 0 Å². The predicted molar refractivity (Wildman–Crippen MR) is 132 cm³/mol. The molecule has 4 aliphatic carbocycles. The quantitative estimate of drug-likeness (QED) is 0.295. The molecule has 7 atom stereocenters. The lowest BCUT2D eigenvalue weighted by Gasteiger charge is -2.62. The van der Waals surface area contributed by atoms with E-state index in [0.29, 0.717) is 22.2 Å². The molecule has 0 radical (unpaired) electrons. The molecule has 2 nitrogen and oxygen atoms in total. The van der Waals surface area contributed by atoms with Gasteiger partial charge in [-0.2, -0.15) is 0 Å². The van der Waals surface area contributed by atoms with Crippen molar-refractivity contribution in [2.24, 2.45) is 39.4 Å². The Hall–Kier alpha value is -0.630. The van der Waals surface area contributed by atoms with E-state index in [1.807, 2.05) is 11.1 Å². The summed E-state index contributed by atoms with van der Waals surface area (Å²) in [7, 11) is 4.30. The van der Waals surface area contributed by atoms with Crippen LogP contribution in [0.1, 0.15) is 106 Å². The van der Waals surface area contributed by atoms with Crippen molar-refractivity contribution in [2.75, 3.05) is 14.1 Å². The minimum absolute atomic E-state index is 0.0445. The third kappa shape index (κ3) is 3.32. The fourth-order valence-corrected chi connectivity index (χ4v) is 9.43. The summed E-state index contributed by atoms with van der Waals surface area (Å²) < 4.78 is 2.21. The van der Waals surface area contributed by atoms with Crippen LogP contribution in [0.4, 0.5) is 0 Å². The minimum Gasteiger partial charge on any atom is -0.393 e. The van der Waals surface area contributed by atoms with Crippen molar-refractivity contribution in [1.82, 2.24) is 0 Å². The van der Waals surface area contributed by atoms with E-state index in [0.717, 1.165) is 18.3 Å². The molecule has 2 heteroatoms. The molecule has 4 aliphatic rings. The SMILES string of the molecule is C[C@H](CCC=[N+](C)C)[C@H]1CC[C@@]2(C)C3=C(CC[C@]12C)[C@@]1(C)CCC(O)C(C)(C)C1CC3. The molecule has 0 aromatic rings. The molecule has 2 fully saturated rings. The molecule has 2 unspecified atom stereocenters. The lowest BCUT2D eigenvalue weighted by Crippen LogP contribution is -2.55. The number of aliphatic hydroxyl groups excluding tert-OH is 1. The summed E-state index contributed by atoms with van der Waals surface area (Å²) >= 11 is 0. The first kappa shape index (κ1) is 23.5. The molecule has 1 N–H and O–H groups in total. The molecule has 0 aromatic carbocycles. The Morgan fingerprint density at radius 2 is 1.68 bits per heavy atom. The highest BCUT2D eigenvalue weighted by molar-refractivity contribution is 5.50. The Balaban J connectivity index is 1.65. The lowest BCUT2D eigenvalue weighted by molar-refractivity contribution is -0.460. The first-order valence-electron chi connectivity index (χ1n) is 13.3. The third-order valence-corrected chi connectivity index (χ3v) is 11.6. The van der Waals surface area contributed by atoms with Crippen LogP contribution in [-0.4, -0.2) is 36.1 Å². The van der Waals surface area contributed by atoms with Gasteiger partial charge in [0.2, 0.25) is 0 Å². The molecule has 0 bridgehead atoms. The van der Waals surface area contributed by atoms with Gasteiger partial charge in [0.1, 0.15) is 20.3 Å². The largest absolute Gasteiger partial charge is 0.393 e. The maximum Gasteiger partial charge on any atom is 0.139 e. The molecule has 0 heterocycles. The van der Waals surface area contributed by atoms with Crippen molar-refractivity contribution in [3.8, 4) is 0 Å². The zero-order valence-corrected chi connectivity index (χ0v) is 21.9. The fourth-order valence-electron chi connectivity index (χ4n) is 9.43.